The molecule has 0 saturated heterocycles. The molecule has 1 amide bonds. The largest absolute Gasteiger partial charge is 0.393 e. The van der Waals surface area contributed by atoms with Gasteiger partial charge in [-0.2, -0.15) is 0 Å². The molecule has 2 atom stereocenters. The van der Waals surface area contributed by atoms with E-state index in [2.05, 4.69) is 15.9 Å². The second kappa shape index (κ2) is 5.45. The average Bonchev–Trinajstić information content (AvgIpc) is 2.85. The third kappa shape index (κ3) is 2.78. The lowest BCUT2D eigenvalue weighted by Gasteiger charge is -2.23. The first kappa shape index (κ1) is 13.6. The van der Waals surface area contributed by atoms with Crippen molar-refractivity contribution in [2.75, 3.05) is 13.6 Å². The molecule has 1 heterocycles. The predicted octanol–water partition coefficient (Wildman–Crippen LogP) is 2.02. The summed E-state index contributed by atoms with van der Waals surface area (Å²) in [6, 6.07) is 1.82. The Kier molecular flexibility index (Phi) is 4.12. The molecule has 0 spiro atoms. The van der Waals surface area contributed by atoms with E-state index < -0.39 is 0 Å². The Morgan fingerprint density at radius 3 is 2.83 bits per heavy atom. The van der Waals surface area contributed by atoms with Gasteiger partial charge in [0, 0.05) is 37.2 Å². The summed E-state index contributed by atoms with van der Waals surface area (Å²) in [5, 5.41) is 9.80. The van der Waals surface area contributed by atoms with Crippen LogP contribution >= 0.6 is 15.9 Å². The van der Waals surface area contributed by atoms with E-state index in [1.165, 1.54) is 0 Å². The number of aryl methyl sites for hydroxylation is 1. The summed E-state index contributed by atoms with van der Waals surface area (Å²) < 4.78 is 2.72. The smallest absolute Gasteiger partial charge is 0.270 e. The SMILES string of the molecule is CN(CC1CCCC1O)C(=O)c1cc(Br)cn1C. The molecule has 1 aromatic rings. The molecule has 100 valence electrons. The monoisotopic (exact) mass is 314 g/mol. The van der Waals surface area contributed by atoms with Crippen LogP contribution in [0.3, 0.4) is 0 Å². The van der Waals surface area contributed by atoms with Gasteiger partial charge < -0.3 is 14.6 Å². The fraction of sp³-hybridized carbons (Fsp3) is 0.615. The number of carbonyl (C=O) groups excluding carboxylic acids is 1. The molecule has 1 aliphatic rings. The lowest BCUT2D eigenvalue weighted by molar-refractivity contribution is 0.0685. The number of rotatable bonds is 3. The van der Waals surface area contributed by atoms with Gasteiger partial charge in [0.1, 0.15) is 5.69 Å². The first-order valence-electron chi connectivity index (χ1n) is 6.24. The molecule has 0 aliphatic heterocycles. The molecule has 0 aromatic carbocycles. The van der Waals surface area contributed by atoms with Crippen LogP contribution in [-0.2, 0) is 7.05 Å². The van der Waals surface area contributed by atoms with Crippen molar-refractivity contribution in [3.8, 4) is 0 Å². The molecule has 1 aliphatic carbocycles. The summed E-state index contributed by atoms with van der Waals surface area (Å²) in [6.07, 6.45) is 4.55. The summed E-state index contributed by atoms with van der Waals surface area (Å²) in [5.41, 5.74) is 0.664. The van der Waals surface area contributed by atoms with Crippen molar-refractivity contribution >= 4 is 21.8 Å². The molecule has 5 heteroatoms. The van der Waals surface area contributed by atoms with Gasteiger partial charge in [0.15, 0.2) is 0 Å². The van der Waals surface area contributed by atoms with Gasteiger partial charge in [-0.25, -0.2) is 0 Å². The quantitative estimate of drug-likeness (QED) is 0.927. The van der Waals surface area contributed by atoms with Gasteiger partial charge in [-0.05, 0) is 34.8 Å². The summed E-state index contributed by atoms with van der Waals surface area (Å²) in [6.45, 7) is 0.628. The maximum Gasteiger partial charge on any atom is 0.270 e. The number of carbonyl (C=O) groups is 1. The van der Waals surface area contributed by atoms with Gasteiger partial charge in [0.05, 0.1) is 6.10 Å². The summed E-state index contributed by atoms with van der Waals surface area (Å²) in [5.74, 6) is 0.227. The Balaban J connectivity index is 2.02. The van der Waals surface area contributed by atoms with Crippen LogP contribution in [-0.4, -0.2) is 40.2 Å². The zero-order valence-electron chi connectivity index (χ0n) is 10.8. The zero-order valence-corrected chi connectivity index (χ0v) is 12.4. The molecule has 0 bridgehead atoms. The van der Waals surface area contributed by atoms with Crippen molar-refractivity contribution in [2.24, 2.45) is 13.0 Å². The number of hydrogen-bond acceptors (Lipinski definition) is 2. The highest BCUT2D eigenvalue weighted by Gasteiger charge is 2.28. The molecule has 1 N–H and O–H groups in total. The minimum Gasteiger partial charge on any atom is -0.393 e. The molecule has 4 nitrogen and oxygen atoms in total. The minimum absolute atomic E-state index is 0.00213. The number of aliphatic hydroxyl groups is 1. The summed E-state index contributed by atoms with van der Waals surface area (Å²) in [4.78, 5) is 14.0. The second-order valence-electron chi connectivity index (χ2n) is 5.10. The van der Waals surface area contributed by atoms with E-state index in [1.54, 1.807) is 11.9 Å². The topological polar surface area (TPSA) is 45.5 Å². The zero-order chi connectivity index (χ0) is 13.3. The Labute approximate surface area is 116 Å². The Morgan fingerprint density at radius 2 is 2.33 bits per heavy atom. The standard InChI is InChI=1S/C13H19BrN2O2/c1-15-8-10(14)6-11(15)13(18)16(2)7-9-4-3-5-12(9)17/h6,8-9,12,17H,3-5,7H2,1-2H3. The van der Waals surface area contributed by atoms with Gasteiger partial charge in [0.2, 0.25) is 0 Å². The van der Waals surface area contributed by atoms with E-state index in [0.29, 0.717) is 12.2 Å². The average molecular weight is 315 g/mol. The van der Waals surface area contributed by atoms with Crippen LogP contribution in [0, 0.1) is 5.92 Å². The van der Waals surface area contributed by atoms with E-state index in [-0.39, 0.29) is 17.9 Å². The van der Waals surface area contributed by atoms with Gasteiger partial charge in [0.25, 0.3) is 5.91 Å². The Morgan fingerprint density at radius 1 is 1.61 bits per heavy atom. The third-order valence-electron chi connectivity index (χ3n) is 3.66. The molecule has 0 radical (unpaired) electrons. The normalized spacial score (nSPS) is 23.3. The van der Waals surface area contributed by atoms with Crippen LogP contribution in [0.25, 0.3) is 0 Å². The first-order chi connectivity index (χ1) is 8.49. The molecule has 1 aromatic heterocycles. The summed E-state index contributed by atoms with van der Waals surface area (Å²) >= 11 is 3.37. The van der Waals surface area contributed by atoms with Crippen LogP contribution in [0.1, 0.15) is 29.8 Å². The summed E-state index contributed by atoms with van der Waals surface area (Å²) in [7, 11) is 3.66. The van der Waals surface area contributed by atoms with Gasteiger partial charge in [-0.15, -0.1) is 0 Å². The highest BCUT2D eigenvalue weighted by atomic mass is 79.9. The number of halogens is 1. The number of amides is 1. The van der Waals surface area contributed by atoms with Crippen molar-refractivity contribution in [3.63, 3.8) is 0 Å². The van der Waals surface area contributed by atoms with Crippen LogP contribution in [0.15, 0.2) is 16.7 Å². The second-order valence-corrected chi connectivity index (χ2v) is 6.01. The van der Waals surface area contributed by atoms with Crippen LogP contribution in [0.5, 0.6) is 0 Å². The predicted molar refractivity (Wildman–Crippen MR) is 73.4 cm³/mol. The fourth-order valence-electron chi connectivity index (χ4n) is 2.60. The van der Waals surface area contributed by atoms with E-state index >= 15 is 0 Å². The van der Waals surface area contributed by atoms with E-state index in [0.717, 1.165) is 23.7 Å². The maximum atomic E-state index is 12.3. The lowest BCUT2D eigenvalue weighted by Crippen LogP contribution is -2.35. The highest BCUT2D eigenvalue weighted by Crippen LogP contribution is 2.26. The fourth-order valence-corrected chi connectivity index (χ4v) is 3.12. The molecule has 1 fully saturated rings. The number of aromatic nitrogens is 1. The molecule has 2 unspecified atom stereocenters. The Bertz CT molecular complexity index is 444. The minimum atomic E-state index is -0.250. The molecular weight excluding hydrogens is 296 g/mol. The van der Waals surface area contributed by atoms with Crippen molar-refractivity contribution in [1.82, 2.24) is 9.47 Å². The molecule has 1 saturated carbocycles. The third-order valence-corrected chi connectivity index (χ3v) is 4.10. The van der Waals surface area contributed by atoms with Crippen molar-refractivity contribution < 1.29 is 9.90 Å². The number of hydrogen-bond donors (Lipinski definition) is 1. The van der Waals surface area contributed by atoms with Gasteiger partial charge in [-0.1, -0.05) is 6.42 Å². The molecule has 18 heavy (non-hydrogen) atoms. The van der Waals surface area contributed by atoms with E-state index in [4.69, 9.17) is 0 Å². The highest BCUT2D eigenvalue weighted by molar-refractivity contribution is 9.10. The van der Waals surface area contributed by atoms with Crippen LogP contribution < -0.4 is 0 Å². The Hall–Kier alpha value is -0.810. The maximum absolute atomic E-state index is 12.3. The van der Waals surface area contributed by atoms with Gasteiger partial charge in [-0.3, -0.25) is 4.79 Å². The first-order valence-corrected chi connectivity index (χ1v) is 7.03. The van der Waals surface area contributed by atoms with Crippen LogP contribution in [0.4, 0.5) is 0 Å². The van der Waals surface area contributed by atoms with Crippen molar-refractivity contribution in [1.29, 1.82) is 0 Å². The van der Waals surface area contributed by atoms with E-state index in [9.17, 15) is 9.90 Å². The lowest BCUT2D eigenvalue weighted by atomic mass is 10.1. The van der Waals surface area contributed by atoms with Crippen molar-refractivity contribution in [2.45, 2.75) is 25.4 Å². The molecule has 2 rings (SSSR count). The van der Waals surface area contributed by atoms with E-state index in [1.807, 2.05) is 23.9 Å². The van der Waals surface area contributed by atoms with Gasteiger partial charge >= 0.3 is 0 Å². The number of nitrogens with zero attached hydrogens (tertiary/aromatic N) is 2. The van der Waals surface area contributed by atoms with Crippen molar-refractivity contribution in [3.05, 3.63) is 22.4 Å². The molecular formula is C13H19BrN2O2. The number of aliphatic hydroxyl groups excluding tert-OH is 1. The van der Waals surface area contributed by atoms with Crippen LogP contribution in [0.2, 0.25) is 0 Å².